The normalized spacial score (nSPS) is 22.0. The highest BCUT2D eigenvalue weighted by atomic mass is 35.5. The van der Waals surface area contributed by atoms with Crippen LogP contribution in [0.1, 0.15) is 18.7 Å². The molecule has 2 fully saturated rings. The first-order chi connectivity index (χ1) is 20.7. The molecule has 3 aromatic rings. The van der Waals surface area contributed by atoms with Gasteiger partial charge in [0, 0.05) is 41.7 Å². The van der Waals surface area contributed by atoms with Crippen molar-refractivity contribution in [2.75, 3.05) is 38.1 Å². The molecular formula is C25H27ClN10O7. The monoisotopic (exact) mass is 614 g/mol. The molecule has 2 amide bonds. The summed E-state index contributed by atoms with van der Waals surface area (Å²) in [5.74, 6) is -1.12. The Bertz CT molecular complexity index is 1600. The maximum atomic E-state index is 12.7. The first kappa shape index (κ1) is 29.8. The lowest BCUT2D eigenvalue weighted by Gasteiger charge is -2.33. The molecule has 5 rings (SSSR count). The second-order valence-corrected chi connectivity index (χ2v) is 10.1. The highest BCUT2D eigenvalue weighted by Crippen LogP contribution is 2.34. The molecule has 0 aliphatic carbocycles. The lowest BCUT2D eigenvalue weighted by atomic mass is 10.1. The van der Waals surface area contributed by atoms with Crippen molar-refractivity contribution in [1.82, 2.24) is 29.3 Å². The second-order valence-electron chi connectivity index (χ2n) is 9.70. The van der Waals surface area contributed by atoms with Crippen LogP contribution in [0.25, 0.3) is 21.6 Å². The van der Waals surface area contributed by atoms with Gasteiger partial charge in [0.05, 0.1) is 12.9 Å². The minimum absolute atomic E-state index is 0.00744. The Kier molecular flexibility index (Phi) is 8.77. The summed E-state index contributed by atoms with van der Waals surface area (Å²) in [6, 6.07) is 3.56. The predicted molar refractivity (Wildman–Crippen MR) is 149 cm³/mol. The van der Waals surface area contributed by atoms with Crippen molar-refractivity contribution in [3.63, 3.8) is 0 Å². The molecule has 0 spiro atoms. The molecule has 0 radical (unpaired) electrons. The molecular weight excluding hydrogens is 588 g/mol. The summed E-state index contributed by atoms with van der Waals surface area (Å²) >= 11 is 6.23. The summed E-state index contributed by atoms with van der Waals surface area (Å²) in [5, 5.41) is 27.1. The largest absolute Gasteiger partial charge is 0.483 e. The zero-order valence-electron chi connectivity index (χ0n) is 22.8. The number of likely N-dealkylation sites (N-methyl/N-ethyl adjacent to an activating group) is 1. The van der Waals surface area contributed by atoms with E-state index in [1.165, 1.54) is 22.1 Å². The maximum absolute atomic E-state index is 12.7. The van der Waals surface area contributed by atoms with Crippen LogP contribution < -0.4 is 10.1 Å². The number of rotatable bonds is 10. The number of imidazole rings is 1. The highest BCUT2D eigenvalue weighted by Gasteiger charge is 2.48. The van der Waals surface area contributed by atoms with Crippen LogP contribution in [0.5, 0.6) is 5.75 Å². The van der Waals surface area contributed by atoms with Crippen molar-refractivity contribution in [2.45, 2.75) is 37.9 Å². The van der Waals surface area contributed by atoms with Crippen molar-refractivity contribution >= 4 is 46.4 Å². The van der Waals surface area contributed by atoms with E-state index in [0.717, 1.165) is 0 Å². The number of hydrogen-bond donors (Lipinski definition) is 3. The molecule has 1 aromatic carbocycles. The van der Waals surface area contributed by atoms with Gasteiger partial charge in [-0.05, 0) is 30.7 Å². The Labute approximate surface area is 248 Å². The number of carboxylic acid groups (broad SMARTS) is 1. The third-order valence-electron chi connectivity index (χ3n) is 7.17. The lowest BCUT2D eigenvalue weighted by molar-refractivity contribution is -0.152. The van der Waals surface area contributed by atoms with E-state index in [4.69, 9.17) is 26.6 Å². The quantitative estimate of drug-likeness (QED) is 0.167. The first-order valence-corrected chi connectivity index (χ1v) is 13.6. The summed E-state index contributed by atoms with van der Waals surface area (Å²) < 4.78 is 12.7. The summed E-state index contributed by atoms with van der Waals surface area (Å²) in [5.41, 5.74) is 9.92. The SMILES string of the molecule is CCN1CCN(C(=O)COc2ccc(Cl)cc2CNc2ncnc3c2ncn3C2OC(C(=O)O)C(N=[N+]=[N-])C2O)CC1=O. The molecule has 4 unspecified atom stereocenters. The summed E-state index contributed by atoms with van der Waals surface area (Å²) in [4.78, 5) is 55.1. The van der Waals surface area contributed by atoms with Gasteiger partial charge in [0.15, 0.2) is 35.9 Å². The van der Waals surface area contributed by atoms with Crippen molar-refractivity contribution in [2.24, 2.45) is 5.11 Å². The van der Waals surface area contributed by atoms with Crippen molar-refractivity contribution < 1.29 is 34.1 Å². The standard InChI is InChI=1S/C25H27ClN10O7/c1-2-34-5-6-35(9-16(34)37)17(38)10-42-15-4-3-14(26)7-13(15)8-28-22-19-23(30-11-29-22)36(12-31-19)24-20(39)18(32-33-27)21(43-24)25(40)41/h3-4,7,11-12,18,20-21,24,39H,2,5-6,8-10H2,1H3,(H,40,41)(H,28,29,30). The third-order valence-corrected chi connectivity index (χ3v) is 7.41. The Hall–Kier alpha value is -4.70. The van der Waals surface area contributed by atoms with Crippen LogP contribution in [0.15, 0.2) is 36.0 Å². The van der Waals surface area contributed by atoms with Gasteiger partial charge < -0.3 is 34.8 Å². The smallest absolute Gasteiger partial charge is 0.333 e. The Balaban J connectivity index is 1.30. The predicted octanol–water partition coefficient (Wildman–Crippen LogP) is 1.18. The number of aliphatic carboxylic acids is 1. The van der Waals surface area contributed by atoms with Crippen molar-refractivity contribution in [3.05, 3.63) is 51.9 Å². The number of aliphatic hydroxyl groups excluding tert-OH is 1. The van der Waals surface area contributed by atoms with E-state index in [9.17, 15) is 24.6 Å². The van der Waals surface area contributed by atoms with Crippen LogP contribution >= 0.6 is 11.6 Å². The van der Waals surface area contributed by atoms with Gasteiger partial charge in [-0.15, -0.1) is 0 Å². The van der Waals surface area contributed by atoms with E-state index >= 15 is 0 Å². The number of hydrogen-bond acceptors (Lipinski definition) is 11. The summed E-state index contributed by atoms with van der Waals surface area (Å²) in [7, 11) is 0. The zero-order chi connectivity index (χ0) is 30.7. The van der Waals surface area contributed by atoms with E-state index in [0.29, 0.717) is 41.8 Å². The van der Waals surface area contributed by atoms with Crippen LogP contribution in [0, 0.1) is 0 Å². The number of carbonyl (C=O) groups excluding carboxylic acids is 2. The number of nitrogens with zero attached hydrogens (tertiary/aromatic N) is 9. The number of aromatic nitrogens is 4. The topological polar surface area (TPSA) is 221 Å². The molecule has 2 saturated heterocycles. The number of aliphatic hydroxyl groups is 1. The molecule has 0 saturated carbocycles. The molecule has 18 heteroatoms. The Morgan fingerprint density at radius 2 is 2.12 bits per heavy atom. The minimum atomic E-state index is -1.57. The number of fused-ring (bicyclic) bond motifs is 1. The van der Waals surface area contributed by atoms with Gasteiger partial charge in [-0.25, -0.2) is 19.7 Å². The third kappa shape index (κ3) is 6.10. The number of anilines is 1. The highest BCUT2D eigenvalue weighted by molar-refractivity contribution is 6.30. The van der Waals surface area contributed by atoms with Crippen molar-refractivity contribution in [3.8, 4) is 5.75 Å². The van der Waals surface area contributed by atoms with Crippen LogP contribution in [0.3, 0.4) is 0 Å². The summed E-state index contributed by atoms with van der Waals surface area (Å²) in [6.07, 6.45) is -1.74. The maximum Gasteiger partial charge on any atom is 0.333 e. The lowest BCUT2D eigenvalue weighted by Crippen LogP contribution is -2.53. The fraction of sp³-hybridized carbons (Fsp3) is 0.440. The average Bonchev–Trinajstić information content (AvgIpc) is 3.56. The number of nitrogens with one attached hydrogen (secondary N) is 1. The number of amides is 2. The van der Waals surface area contributed by atoms with Gasteiger partial charge in [0.2, 0.25) is 5.91 Å². The Morgan fingerprint density at radius 1 is 1.30 bits per heavy atom. The van der Waals surface area contributed by atoms with Gasteiger partial charge in [0.25, 0.3) is 5.91 Å². The number of ether oxygens (including phenoxy) is 2. The van der Waals surface area contributed by atoms with Gasteiger partial charge in [-0.3, -0.25) is 14.2 Å². The Morgan fingerprint density at radius 3 is 2.84 bits per heavy atom. The van der Waals surface area contributed by atoms with Crippen LogP contribution in [-0.2, 0) is 25.7 Å². The number of piperazine rings is 1. The van der Waals surface area contributed by atoms with E-state index in [2.05, 4.69) is 30.3 Å². The number of halogens is 1. The van der Waals surface area contributed by atoms with E-state index in [1.807, 2.05) is 6.92 Å². The molecule has 43 heavy (non-hydrogen) atoms. The average molecular weight is 615 g/mol. The van der Waals surface area contributed by atoms with Gasteiger partial charge in [0.1, 0.15) is 24.2 Å². The summed E-state index contributed by atoms with van der Waals surface area (Å²) in [6.45, 7) is 3.28. The number of benzene rings is 1. The van der Waals surface area contributed by atoms with E-state index < -0.39 is 30.4 Å². The molecule has 226 valence electrons. The number of azide groups is 1. The first-order valence-electron chi connectivity index (χ1n) is 13.2. The van der Waals surface area contributed by atoms with E-state index in [1.54, 1.807) is 23.1 Å². The molecule has 4 atom stereocenters. The van der Waals surface area contributed by atoms with Gasteiger partial charge in [-0.2, -0.15) is 0 Å². The van der Waals surface area contributed by atoms with Gasteiger partial charge >= 0.3 is 5.97 Å². The van der Waals surface area contributed by atoms with Crippen LogP contribution in [-0.4, -0.2) is 108 Å². The van der Waals surface area contributed by atoms with Crippen LogP contribution in [0.4, 0.5) is 5.82 Å². The van der Waals surface area contributed by atoms with Crippen LogP contribution in [0.2, 0.25) is 5.02 Å². The minimum Gasteiger partial charge on any atom is -0.483 e. The molecule has 2 aliphatic rings. The molecule has 3 N–H and O–H groups in total. The number of carbonyl (C=O) groups is 3. The van der Waals surface area contributed by atoms with Gasteiger partial charge in [-0.1, -0.05) is 16.7 Å². The number of carboxylic acids is 1. The molecule has 4 heterocycles. The fourth-order valence-corrected chi connectivity index (χ4v) is 5.14. The molecule has 0 bridgehead atoms. The second kappa shape index (κ2) is 12.7. The van der Waals surface area contributed by atoms with Crippen molar-refractivity contribution in [1.29, 1.82) is 0 Å². The van der Waals surface area contributed by atoms with E-state index in [-0.39, 0.29) is 42.7 Å². The molecule has 17 nitrogen and oxygen atoms in total. The molecule has 2 aliphatic heterocycles. The zero-order valence-corrected chi connectivity index (χ0v) is 23.5. The molecule has 2 aromatic heterocycles. The fourth-order valence-electron chi connectivity index (χ4n) is 4.94.